The van der Waals surface area contributed by atoms with E-state index in [1.165, 1.54) is 4.90 Å². The zero-order valence-corrected chi connectivity index (χ0v) is 15.7. The van der Waals surface area contributed by atoms with Crippen molar-refractivity contribution < 1.29 is 27.5 Å². The van der Waals surface area contributed by atoms with Crippen molar-refractivity contribution in [2.75, 3.05) is 14.1 Å². The Morgan fingerprint density at radius 1 is 1.28 bits per heavy atom. The van der Waals surface area contributed by atoms with Gasteiger partial charge in [-0.15, -0.1) is 5.10 Å². The third kappa shape index (κ3) is 2.52. The molecule has 1 atom stereocenters. The van der Waals surface area contributed by atoms with E-state index in [1.54, 1.807) is 14.1 Å². The highest BCUT2D eigenvalue weighted by Crippen LogP contribution is 2.80. The molecule has 0 saturated heterocycles. The summed E-state index contributed by atoms with van der Waals surface area (Å²) in [7, 11) is 3.10. The summed E-state index contributed by atoms with van der Waals surface area (Å²) in [4.78, 5) is 13.7. The van der Waals surface area contributed by atoms with Crippen LogP contribution in [0.5, 0.6) is 0 Å². The summed E-state index contributed by atoms with van der Waals surface area (Å²) >= 11 is 0. The molecule has 29 heavy (non-hydrogen) atoms. The molecular weight excluding hydrogens is 394 g/mol. The number of hydrogen-bond acceptors (Lipinski definition) is 5. The van der Waals surface area contributed by atoms with Crippen molar-refractivity contribution in [1.29, 1.82) is 0 Å². The SMILES string of the molecule is CN(C)C(=O)C12CC(C(F)(F)[C@](O)(Cn3cnnn3)c3ccc(F)cc3F)(C1)C2. The molecule has 3 fully saturated rings. The molecule has 1 amide bonds. The van der Waals surface area contributed by atoms with E-state index >= 15 is 8.78 Å². The molecule has 11 heteroatoms. The third-order valence-electron chi connectivity index (χ3n) is 6.23. The number of benzene rings is 1. The van der Waals surface area contributed by atoms with Crippen LogP contribution in [0.4, 0.5) is 17.6 Å². The average molecular weight is 413 g/mol. The van der Waals surface area contributed by atoms with E-state index in [2.05, 4.69) is 15.5 Å². The van der Waals surface area contributed by atoms with Gasteiger partial charge in [-0.25, -0.2) is 22.2 Å². The number of carbonyl (C=O) groups is 1. The lowest BCUT2D eigenvalue weighted by Crippen LogP contribution is -2.77. The minimum Gasteiger partial charge on any atom is -0.377 e. The second-order valence-electron chi connectivity index (χ2n) is 8.36. The number of aromatic nitrogens is 4. The van der Waals surface area contributed by atoms with Crippen LogP contribution in [0.25, 0.3) is 0 Å². The summed E-state index contributed by atoms with van der Waals surface area (Å²) in [5.41, 5.74) is -6.34. The molecule has 0 aliphatic heterocycles. The lowest BCUT2D eigenvalue weighted by molar-refractivity contribution is -0.360. The highest BCUT2D eigenvalue weighted by Gasteiger charge is 2.84. The standard InChI is InChI=1S/C18H19F4N5O2/c1-26(2)14(28)15-6-16(7-15,8-15)18(21,22)17(29,9-27-10-23-24-25-27)12-4-3-11(19)5-13(12)20/h3-5,10,29H,6-9H2,1-2H3/t15?,16?,17-/m0/s1. The molecule has 5 rings (SSSR count). The third-order valence-corrected chi connectivity index (χ3v) is 6.23. The predicted molar refractivity (Wildman–Crippen MR) is 90.4 cm³/mol. The summed E-state index contributed by atoms with van der Waals surface area (Å²) < 4.78 is 60.3. The van der Waals surface area contributed by atoms with Gasteiger partial charge in [-0.3, -0.25) is 4.79 Å². The number of hydrogen-bond donors (Lipinski definition) is 1. The van der Waals surface area contributed by atoms with Gasteiger partial charge in [-0.05, 0) is 41.8 Å². The zero-order chi connectivity index (χ0) is 21.2. The van der Waals surface area contributed by atoms with E-state index < -0.39 is 46.1 Å². The first-order chi connectivity index (χ1) is 13.5. The Kier molecular flexibility index (Phi) is 4.07. The minimum absolute atomic E-state index is 0.120. The average Bonchev–Trinajstić information content (AvgIpc) is 3.04. The van der Waals surface area contributed by atoms with Gasteiger partial charge >= 0.3 is 0 Å². The van der Waals surface area contributed by atoms with Gasteiger partial charge < -0.3 is 10.0 Å². The van der Waals surface area contributed by atoms with Crippen LogP contribution in [-0.2, 0) is 16.9 Å². The smallest absolute Gasteiger partial charge is 0.287 e. The Balaban J connectivity index is 1.73. The maximum Gasteiger partial charge on any atom is 0.287 e. The molecule has 2 bridgehead atoms. The van der Waals surface area contributed by atoms with Gasteiger partial charge in [0.05, 0.1) is 12.0 Å². The van der Waals surface area contributed by atoms with E-state index in [9.17, 15) is 18.7 Å². The fraction of sp³-hybridized carbons (Fsp3) is 0.556. The molecule has 0 radical (unpaired) electrons. The number of nitrogens with zero attached hydrogens (tertiary/aromatic N) is 5. The van der Waals surface area contributed by atoms with Gasteiger partial charge in [0.25, 0.3) is 5.92 Å². The summed E-state index contributed by atoms with van der Waals surface area (Å²) in [6, 6.07) is 2.04. The fourth-order valence-electron chi connectivity index (χ4n) is 4.93. The monoisotopic (exact) mass is 413 g/mol. The predicted octanol–water partition coefficient (Wildman–Crippen LogP) is 1.73. The van der Waals surface area contributed by atoms with Crippen LogP contribution < -0.4 is 0 Å². The van der Waals surface area contributed by atoms with Gasteiger partial charge in [0.15, 0.2) is 5.60 Å². The van der Waals surface area contributed by atoms with Crippen LogP contribution >= 0.6 is 0 Å². The molecule has 1 heterocycles. The zero-order valence-electron chi connectivity index (χ0n) is 15.7. The first-order valence-corrected chi connectivity index (χ1v) is 8.95. The Morgan fingerprint density at radius 3 is 2.45 bits per heavy atom. The van der Waals surface area contributed by atoms with Crippen molar-refractivity contribution in [3.8, 4) is 0 Å². The number of aliphatic hydroxyl groups is 1. The van der Waals surface area contributed by atoms with Crippen molar-refractivity contribution >= 4 is 5.91 Å². The van der Waals surface area contributed by atoms with Gasteiger partial charge in [0.2, 0.25) is 5.91 Å². The van der Waals surface area contributed by atoms with E-state index in [0.29, 0.717) is 6.07 Å². The first-order valence-electron chi connectivity index (χ1n) is 8.95. The molecule has 156 valence electrons. The molecular formula is C18H19F4N5O2. The lowest BCUT2D eigenvalue weighted by Gasteiger charge is -2.73. The second kappa shape index (κ2) is 5.97. The fourth-order valence-corrected chi connectivity index (χ4v) is 4.93. The van der Waals surface area contributed by atoms with Crippen molar-refractivity contribution in [2.24, 2.45) is 10.8 Å². The van der Waals surface area contributed by atoms with E-state index in [1.807, 2.05) is 0 Å². The van der Waals surface area contributed by atoms with E-state index in [0.717, 1.165) is 23.1 Å². The molecule has 3 saturated carbocycles. The lowest BCUT2D eigenvalue weighted by atomic mass is 9.31. The van der Waals surface area contributed by atoms with Gasteiger partial charge in [-0.1, -0.05) is 0 Å². The van der Waals surface area contributed by atoms with Crippen LogP contribution in [0.15, 0.2) is 24.5 Å². The molecule has 0 unspecified atom stereocenters. The van der Waals surface area contributed by atoms with E-state index in [-0.39, 0.29) is 25.2 Å². The quantitative estimate of drug-likeness (QED) is 0.730. The molecule has 0 spiro atoms. The van der Waals surface area contributed by atoms with Crippen LogP contribution in [0.3, 0.4) is 0 Å². The minimum atomic E-state index is -3.83. The molecule has 1 N–H and O–H groups in total. The maximum atomic E-state index is 15.8. The molecule has 1 aromatic heterocycles. The Labute approximate surface area is 163 Å². The number of rotatable bonds is 6. The largest absolute Gasteiger partial charge is 0.377 e. The number of halogens is 4. The number of alkyl halides is 2. The Hall–Kier alpha value is -2.56. The van der Waals surface area contributed by atoms with Gasteiger partial charge in [-0.2, -0.15) is 0 Å². The molecule has 3 aliphatic rings. The summed E-state index contributed by atoms with van der Waals surface area (Å²) in [6.07, 6.45) is 0.655. The van der Waals surface area contributed by atoms with Gasteiger partial charge in [0.1, 0.15) is 18.0 Å². The molecule has 3 aliphatic carbocycles. The van der Waals surface area contributed by atoms with Crippen LogP contribution in [0, 0.1) is 22.5 Å². The van der Waals surface area contributed by atoms with Crippen molar-refractivity contribution in [3.63, 3.8) is 0 Å². The summed E-state index contributed by atoms with van der Waals surface area (Å²) in [5, 5.41) is 21.4. The van der Waals surface area contributed by atoms with Crippen molar-refractivity contribution in [2.45, 2.75) is 37.3 Å². The summed E-state index contributed by atoms with van der Waals surface area (Å²) in [6.45, 7) is -0.841. The Morgan fingerprint density at radius 2 is 1.93 bits per heavy atom. The number of tetrazole rings is 1. The molecule has 2 aromatic rings. The molecule has 1 aromatic carbocycles. The highest BCUT2D eigenvalue weighted by molar-refractivity contribution is 5.86. The topological polar surface area (TPSA) is 84.1 Å². The summed E-state index contributed by atoms with van der Waals surface area (Å²) in [5.74, 6) is -6.34. The van der Waals surface area contributed by atoms with Crippen molar-refractivity contribution in [3.05, 3.63) is 41.7 Å². The maximum absolute atomic E-state index is 15.8. The van der Waals surface area contributed by atoms with Crippen molar-refractivity contribution in [1.82, 2.24) is 25.1 Å². The highest BCUT2D eigenvalue weighted by atomic mass is 19.3. The van der Waals surface area contributed by atoms with Crippen LogP contribution in [0.2, 0.25) is 0 Å². The number of carbonyl (C=O) groups excluding carboxylic acids is 1. The Bertz CT molecular complexity index is 945. The van der Waals surface area contributed by atoms with Crippen LogP contribution in [-0.4, -0.2) is 56.1 Å². The second-order valence-corrected chi connectivity index (χ2v) is 8.36. The van der Waals surface area contributed by atoms with Gasteiger partial charge in [0, 0.05) is 31.1 Å². The van der Waals surface area contributed by atoms with E-state index in [4.69, 9.17) is 0 Å². The van der Waals surface area contributed by atoms with Crippen LogP contribution in [0.1, 0.15) is 24.8 Å². The molecule has 7 nitrogen and oxygen atoms in total. The normalized spacial score (nSPS) is 27.6. The first kappa shape index (κ1) is 19.7. The number of amides is 1.